The minimum Gasteiger partial charge on any atom is -0.310 e. The summed E-state index contributed by atoms with van der Waals surface area (Å²) in [6.45, 7) is 3.27. The summed E-state index contributed by atoms with van der Waals surface area (Å²) in [4.78, 5) is 0. The molecule has 1 aliphatic carbocycles. The zero-order valence-corrected chi connectivity index (χ0v) is 11.2. The van der Waals surface area contributed by atoms with Crippen LogP contribution in [0.5, 0.6) is 0 Å². The van der Waals surface area contributed by atoms with Crippen LogP contribution >= 0.6 is 22.9 Å². The van der Waals surface area contributed by atoms with Crippen LogP contribution in [0.4, 0.5) is 0 Å². The topological polar surface area (TPSA) is 12.0 Å². The molecule has 16 heavy (non-hydrogen) atoms. The molecule has 1 aromatic rings. The molecule has 0 fully saturated rings. The average Bonchev–Trinajstić information content (AvgIpc) is 2.89. The lowest BCUT2D eigenvalue weighted by Crippen LogP contribution is -2.19. The Hall–Kier alpha value is -0.310. The lowest BCUT2D eigenvalue weighted by Gasteiger charge is -2.12. The lowest BCUT2D eigenvalue weighted by molar-refractivity contribution is 0.574. The molecule has 0 aromatic carbocycles. The summed E-state index contributed by atoms with van der Waals surface area (Å²) in [5, 5.41) is 5.68. The molecule has 0 aliphatic heterocycles. The van der Waals surface area contributed by atoms with E-state index in [1.54, 1.807) is 16.9 Å². The fraction of sp³-hybridized carbons (Fsp3) is 0.538. The van der Waals surface area contributed by atoms with E-state index in [1.807, 2.05) is 0 Å². The summed E-state index contributed by atoms with van der Waals surface area (Å²) in [5.74, 6) is 0. The number of rotatable bonds is 5. The number of halogens is 1. The Morgan fingerprint density at radius 2 is 2.44 bits per heavy atom. The summed E-state index contributed by atoms with van der Waals surface area (Å²) in [6.07, 6.45) is 7.53. The van der Waals surface area contributed by atoms with Gasteiger partial charge < -0.3 is 5.32 Å². The first-order valence-corrected chi connectivity index (χ1v) is 7.16. The second-order valence-corrected chi connectivity index (χ2v) is 5.91. The van der Waals surface area contributed by atoms with Crippen molar-refractivity contribution in [3.05, 3.63) is 33.0 Å². The van der Waals surface area contributed by atoms with Crippen LogP contribution in [0.2, 0.25) is 4.34 Å². The van der Waals surface area contributed by atoms with Gasteiger partial charge in [0, 0.05) is 6.04 Å². The second kappa shape index (κ2) is 5.85. The van der Waals surface area contributed by atoms with Crippen molar-refractivity contribution in [2.75, 3.05) is 6.54 Å². The molecule has 0 radical (unpaired) electrons. The maximum Gasteiger partial charge on any atom is 0.0931 e. The number of thiophene rings is 1. The maximum absolute atomic E-state index is 5.92. The van der Waals surface area contributed by atoms with Crippen molar-refractivity contribution in [1.29, 1.82) is 0 Å². The smallest absolute Gasteiger partial charge is 0.0931 e. The highest BCUT2D eigenvalue weighted by atomic mass is 35.5. The SMILES string of the molecule is CC(NCCC1=CCCC1)c1csc(Cl)c1. The van der Waals surface area contributed by atoms with Crippen LogP contribution in [0.3, 0.4) is 0 Å². The fourth-order valence-electron chi connectivity index (χ4n) is 2.08. The minimum atomic E-state index is 0.408. The molecular formula is C13H18ClNS. The van der Waals surface area contributed by atoms with Crippen molar-refractivity contribution in [2.45, 2.75) is 38.6 Å². The predicted molar refractivity (Wildman–Crippen MR) is 72.3 cm³/mol. The first kappa shape index (κ1) is 12.2. The zero-order valence-electron chi connectivity index (χ0n) is 9.63. The largest absolute Gasteiger partial charge is 0.310 e. The van der Waals surface area contributed by atoms with Crippen LogP contribution in [0.1, 0.15) is 44.2 Å². The van der Waals surface area contributed by atoms with Crippen LogP contribution in [-0.2, 0) is 0 Å². The van der Waals surface area contributed by atoms with E-state index in [4.69, 9.17) is 11.6 Å². The monoisotopic (exact) mass is 255 g/mol. The lowest BCUT2D eigenvalue weighted by atomic mass is 10.1. The Bertz CT molecular complexity index is 370. The molecule has 0 saturated carbocycles. The van der Waals surface area contributed by atoms with Gasteiger partial charge in [-0.3, -0.25) is 0 Å². The third-order valence-corrected chi connectivity index (χ3v) is 4.23. The Kier molecular flexibility index (Phi) is 4.45. The van der Waals surface area contributed by atoms with Gasteiger partial charge in [-0.15, -0.1) is 11.3 Å². The Morgan fingerprint density at radius 1 is 1.56 bits per heavy atom. The number of nitrogens with one attached hydrogen (secondary N) is 1. The molecule has 0 saturated heterocycles. The molecular weight excluding hydrogens is 238 g/mol. The molecule has 1 nitrogen and oxygen atoms in total. The van der Waals surface area contributed by atoms with Crippen LogP contribution in [-0.4, -0.2) is 6.54 Å². The van der Waals surface area contributed by atoms with Crippen molar-refractivity contribution >= 4 is 22.9 Å². The number of hydrogen-bond acceptors (Lipinski definition) is 2. The van der Waals surface area contributed by atoms with E-state index in [0.29, 0.717) is 6.04 Å². The van der Waals surface area contributed by atoms with E-state index in [1.165, 1.54) is 31.2 Å². The van der Waals surface area contributed by atoms with Crippen molar-refractivity contribution in [3.63, 3.8) is 0 Å². The van der Waals surface area contributed by atoms with Crippen molar-refractivity contribution in [1.82, 2.24) is 5.32 Å². The van der Waals surface area contributed by atoms with Crippen LogP contribution in [0, 0.1) is 0 Å². The van der Waals surface area contributed by atoms with Crippen molar-refractivity contribution in [3.8, 4) is 0 Å². The van der Waals surface area contributed by atoms with Crippen LogP contribution in [0.25, 0.3) is 0 Å². The van der Waals surface area contributed by atoms with E-state index < -0.39 is 0 Å². The minimum absolute atomic E-state index is 0.408. The van der Waals surface area contributed by atoms with Crippen LogP contribution < -0.4 is 5.32 Å². The predicted octanol–water partition coefficient (Wildman–Crippen LogP) is 4.55. The van der Waals surface area contributed by atoms with Gasteiger partial charge in [0.15, 0.2) is 0 Å². The van der Waals surface area contributed by atoms with Gasteiger partial charge in [0.2, 0.25) is 0 Å². The Balaban J connectivity index is 1.73. The summed E-state index contributed by atoms with van der Waals surface area (Å²) in [5.41, 5.74) is 2.93. The zero-order chi connectivity index (χ0) is 11.4. The van der Waals surface area contributed by atoms with E-state index >= 15 is 0 Å². The summed E-state index contributed by atoms with van der Waals surface area (Å²) in [7, 11) is 0. The van der Waals surface area contributed by atoms with Gasteiger partial charge in [-0.1, -0.05) is 23.3 Å². The molecule has 1 aliphatic rings. The van der Waals surface area contributed by atoms with E-state index in [-0.39, 0.29) is 0 Å². The summed E-state index contributed by atoms with van der Waals surface area (Å²) >= 11 is 7.53. The van der Waals surface area contributed by atoms with Gasteiger partial charge in [-0.05, 0) is 56.2 Å². The Morgan fingerprint density at radius 3 is 3.06 bits per heavy atom. The van der Waals surface area contributed by atoms with Crippen molar-refractivity contribution in [2.24, 2.45) is 0 Å². The number of allylic oxidation sites excluding steroid dienone is 1. The Labute approximate surface area is 107 Å². The molecule has 1 atom stereocenters. The van der Waals surface area contributed by atoms with Gasteiger partial charge in [-0.2, -0.15) is 0 Å². The molecule has 2 rings (SSSR count). The standard InChI is InChI=1S/C13H18ClNS/c1-10(12-8-13(14)16-9-12)15-7-6-11-4-2-3-5-11/h4,8-10,15H,2-3,5-7H2,1H3. The first-order valence-electron chi connectivity index (χ1n) is 5.91. The first-order chi connectivity index (χ1) is 7.75. The summed E-state index contributed by atoms with van der Waals surface area (Å²) in [6, 6.07) is 2.46. The highest BCUT2D eigenvalue weighted by molar-refractivity contribution is 7.14. The van der Waals surface area contributed by atoms with E-state index in [0.717, 1.165) is 10.9 Å². The highest BCUT2D eigenvalue weighted by Gasteiger charge is 2.08. The highest BCUT2D eigenvalue weighted by Crippen LogP contribution is 2.25. The van der Waals surface area contributed by atoms with Gasteiger partial charge >= 0.3 is 0 Å². The van der Waals surface area contributed by atoms with E-state index in [9.17, 15) is 0 Å². The maximum atomic E-state index is 5.92. The molecule has 0 bridgehead atoms. The van der Waals surface area contributed by atoms with Gasteiger partial charge in [0.05, 0.1) is 4.34 Å². The molecule has 0 spiro atoms. The summed E-state index contributed by atoms with van der Waals surface area (Å²) < 4.78 is 0.877. The van der Waals surface area contributed by atoms with Crippen molar-refractivity contribution < 1.29 is 0 Å². The quantitative estimate of drug-likeness (QED) is 0.761. The third kappa shape index (κ3) is 3.34. The number of hydrogen-bond donors (Lipinski definition) is 1. The molecule has 0 amide bonds. The molecule has 88 valence electrons. The van der Waals surface area contributed by atoms with Gasteiger partial charge in [0.1, 0.15) is 0 Å². The van der Waals surface area contributed by atoms with Gasteiger partial charge in [-0.25, -0.2) is 0 Å². The van der Waals surface area contributed by atoms with Crippen LogP contribution in [0.15, 0.2) is 23.1 Å². The molecule has 3 heteroatoms. The second-order valence-electron chi connectivity index (χ2n) is 4.36. The third-order valence-electron chi connectivity index (χ3n) is 3.12. The fourth-order valence-corrected chi connectivity index (χ4v) is 3.07. The molecule has 1 unspecified atom stereocenters. The van der Waals surface area contributed by atoms with Gasteiger partial charge in [0.25, 0.3) is 0 Å². The van der Waals surface area contributed by atoms with E-state index in [2.05, 4.69) is 29.8 Å². The average molecular weight is 256 g/mol. The molecule has 1 aromatic heterocycles. The molecule has 1 heterocycles. The normalized spacial score (nSPS) is 17.5. The molecule has 1 N–H and O–H groups in total.